The normalized spacial score (nSPS) is 27.9. The van der Waals surface area contributed by atoms with E-state index in [2.05, 4.69) is 17.2 Å². The van der Waals surface area contributed by atoms with Gasteiger partial charge in [0.25, 0.3) is 11.8 Å². The lowest BCUT2D eigenvalue weighted by molar-refractivity contribution is -0.129. The van der Waals surface area contributed by atoms with E-state index in [1.165, 1.54) is 4.90 Å². The lowest BCUT2D eigenvalue weighted by Gasteiger charge is -2.46. The monoisotopic (exact) mass is 388 g/mol. The molecule has 0 aromatic carbocycles. The van der Waals surface area contributed by atoms with Crippen molar-refractivity contribution in [1.29, 1.82) is 0 Å². The number of carbonyl (C=O) groups excluding carboxylic acids is 3. The van der Waals surface area contributed by atoms with Crippen molar-refractivity contribution < 1.29 is 19.1 Å². The first-order valence-corrected chi connectivity index (χ1v) is 9.79. The van der Waals surface area contributed by atoms with Gasteiger partial charge in [-0.25, -0.2) is 9.78 Å². The Hall–Kier alpha value is -2.64. The number of urea groups is 1. The quantitative estimate of drug-likeness (QED) is 0.663. The number of hydrogen-bond acceptors (Lipinski definition) is 5. The van der Waals surface area contributed by atoms with Gasteiger partial charge in [0, 0.05) is 12.2 Å². The second kappa shape index (κ2) is 7.77. The molecule has 1 aromatic rings. The molecule has 1 aromatic heterocycles. The topological polar surface area (TPSA) is 115 Å². The molecule has 1 aliphatic carbocycles. The predicted molar refractivity (Wildman–Crippen MR) is 103 cm³/mol. The maximum atomic E-state index is 12.5. The van der Waals surface area contributed by atoms with E-state index in [0.717, 1.165) is 19.3 Å². The van der Waals surface area contributed by atoms with Gasteiger partial charge in [0.05, 0.1) is 0 Å². The van der Waals surface area contributed by atoms with Crippen LogP contribution in [-0.4, -0.2) is 45.9 Å². The third kappa shape index (κ3) is 3.95. The van der Waals surface area contributed by atoms with E-state index >= 15 is 0 Å². The fraction of sp³-hybridized carbons (Fsp3) is 0.600. The van der Waals surface area contributed by atoms with Crippen molar-refractivity contribution in [3.63, 3.8) is 0 Å². The Morgan fingerprint density at radius 1 is 1.46 bits per heavy atom. The Kier molecular flexibility index (Phi) is 5.58. The number of aromatic nitrogens is 1. The molecule has 2 aliphatic rings. The zero-order valence-corrected chi connectivity index (χ0v) is 16.6. The highest BCUT2D eigenvalue weighted by atomic mass is 16.5. The molecule has 152 valence electrons. The third-order valence-electron chi connectivity index (χ3n) is 5.61. The Labute approximate surface area is 164 Å². The Morgan fingerprint density at radius 2 is 2.18 bits per heavy atom. The zero-order chi connectivity index (χ0) is 20.5. The molecule has 1 saturated carbocycles. The molecule has 2 fully saturated rings. The molecular weight excluding hydrogens is 360 g/mol. The van der Waals surface area contributed by atoms with Crippen molar-refractivity contribution in [2.24, 2.45) is 11.1 Å². The number of rotatable bonds is 8. The minimum Gasteiger partial charge on any atom is -0.474 e. The van der Waals surface area contributed by atoms with Gasteiger partial charge in [-0.05, 0) is 50.2 Å². The second-order valence-electron chi connectivity index (χ2n) is 8.23. The average molecular weight is 388 g/mol. The van der Waals surface area contributed by atoms with Gasteiger partial charge in [-0.2, -0.15) is 0 Å². The van der Waals surface area contributed by atoms with Crippen LogP contribution in [0.4, 0.5) is 4.79 Å². The summed E-state index contributed by atoms with van der Waals surface area (Å²) >= 11 is 0. The molecule has 0 unspecified atom stereocenters. The molecule has 0 radical (unpaired) electrons. The van der Waals surface area contributed by atoms with E-state index in [0.29, 0.717) is 12.8 Å². The first-order valence-electron chi connectivity index (χ1n) is 9.79. The van der Waals surface area contributed by atoms with Crippen molar-refractivity contribution in [2.75, 3.05) is 0 Å². The van der Waals surface area contributed by atoms with E-state index in [-0.39, 0.29) is 40.9 Å². The lowest BCUT2D eigenvalue weighted by Crippen LogP contribution is -2.48. The lowest BCUT2D eigenvalue weighted by atomic mass is 9.65. The number of nitrogens with two attached hydrogens (primary N) is 1. The molecule has 2 heterocycles. The van der Waals surface area contributed by atoms with Crippen LogP contribution in [-0.2, 0) is 4.79 Å². The summed E-state index contributed by atoms with van der Waals surface area (Å²) in [6.07, 6.45) is 5.22. The molecule has 1 saturated heterocycles. The molecule has 8 heteroatoms. The number of amides is 4. The molecule has 8 nitrogen and oxygen atoms in total. The highest BCUT2D eigenvalue weighted by Gasteiger charge is 2.47. The van der Waals surface area contributed by atoms with Crippen LogP contribution in [0.15, 0.2) is 18.3 Å². The molecule has 3 rings (SSSR count). The van der Waals surface area contributed by atoms with Crippen molar-refractivity contribution in [3.8, 4) is 5.88 Å². The smallest absolute Gasteiger partial charge is 0.325 e. The van der Waals surface area contributed by atoms with Gasteiger partial charge in [-0.3, -0.25) is 14.5 Å². The van der Waals surface area contributed by atoms with Gasteiger partial charge in [-0.15, -0.1) is 0 Å². The number of pyridine rings is 1. The number of nitrogens with zero attached hydrogens (tertiary/aromatic N) is 2. The molecular formula is C20H28N4O4. The number of hydrogen-bond donors (Lipinski definition) is 2. The zero-order valence-electron chi connectivity index (χ0n) is 16.6. The molecule has 3 N–H and O–H groups in total. The SMILES string of the molecule is CCC[C@@H]1NC(=O)N([C@@H](C)CC2(C)CC(Oc3ncccc3C(N)=O)C2)C1=O. The Bertz CT molecular complexity index is 775. The fourth-order valence-electron chi connectivity index (χ4n) is 4.37. The molecule has 2 atom stereocenters. The second-order valence-corrected chi connectivity index (χ2v) is 8.23. The van der Waals surface area contributed by atoms with Gasteiger partial charge in [0.2, 0.25) is 5.88 Å². The molecule has 4 amide bonds. The Balaban J connectivity index is 1.56. The van der Waals surface area contributed by atoms with Crippen LogP contribution in [0.1, 0.15) is 63.2 Å². The Morgan fingerprint density at radius 3 is 2.82 bits per heavy atom. The van der Waals surface area contributed by atoms with E-state index in [1.54, 1.807) is 18.3 Å². The summed E-state index contributed by atoms with van der Waals surface area (Å²) < 4.78 is 5.86. The maximum Gasteiger partial charge on any atom is 0.325 e. The van der Waals surface area contributed by atoms with Gasteiger partial charge in [0.1, 0.15) is 17.7 Å². The van der Waals surface area contributed by atoms with Crippen LogP contribution in [0.2, 0.25) is 0 Å². The van der Waals surface area contributed by atoms with E-state index < -0.39 is 11.9 Å². The number of carbonyl (C=O) groups is 3. The molecule has 28 heavy (non-hydrogen) atoms. The van der Waals surface area contributed by atoms with Crippen LogP contribution in [0.3, 0.4) is 0 Å². The van der Waals surface area contributed by atoms with Gasteiger partial charge in [-0.1, -0.05) is 20.3 Å². The van der Waals surface area contributed by atoms with Gasteiger partial charge < -0.3 is 15.8 Å². The standard InChI is InChI=1S/C20H28N4O4/c1-4-6-15-18(26)24(19(27)23-15)12(2)9-20(3)10-13(11-20)28-17-14(16(21)25)7-5-8-22-17/h5,7-8,12-13,15H,4,6,9-11H2,1-3H3,(H2,21,25)(H,23,27)/t12-,13?,15-,20?/m0/s1. The first kappa shape index (κ1) is 20.1. The summed E-state index contributed by atoms with van der Waals surface area (Å²) in [7, 11) is 0. The highest BCUT2D eigenvalue weighted by Crippen LogP contribution is 2.47. The highest BCUT2D eigenvalue weighted by molar-refractivity contribution is 6.04. The van der Waals surface area contributed by atoms with Crippen LogP contribution < -0.4 is 15.8 Å². The minimum absolute atomic E-state index is 0.0465. The number of imide groups is 1. The van der Waals surface area contributed by atoms with E-state index in [1.807, 2.05) is 13.8 Å². The average Bonchev–Trinajstić information content (AvgIpc) is 2.88. The minimum atomic E-state index is -0.570. The van der Waals surface area contributed by atoms with Crippen LogP contribution >= 0.6 is 0 Å². The first-order chi connectivity index (χ1) is 13.2. The number of nitrogens with one attached hydrogen (secondary N) is 1. The van der Waals surface area contributed by atoms with E-state index in [9.17, 15) is 14.4 Å². The molecule has 0 spiro atoms. The summed E-state index contributed by atoms with van der Waals surface area (Å²) in [5, 5.41) is 2.78. The van der Waals surface area contributed by atoms with Crippen molar-refractivity contribution >= 4 is 17.8 Å². The summed E-state index contributed by atoms with van der Waals surface area (Å²) in [6, 6.07) is 2.35. The largest absolute Gasteiger partial charge is 0.474 e. The van der Waals surface area contributed by atoms with Gasteiger partial charge in [0.15, 0.2) is 0 Å². The molecule has 0 bridgehead atoms. The maximum absolute atomic E-state index is 12.5. The van der Waals surface area contributed by atoms with Crippen LogP contribution in [0, 0.1) is 5.41 Å². The van der Waals surface area contributed by atoms with Crippen LogP contribution in [0.5, 0.6) is 5.88 Å². The summed E-state index contributed by atoms with van der Waals surface area (Å²) in [6.45, 7) is 6.03. The summed E-state index contributed by atoms with van der Waals surface area (Å²) in [5.74, 6) is -0.444. The van der Waals surface area contributed by atoms with Crippen LogP contribution in [0.25, 0.3) is 0 Å². The fourth-order valence-corrected chi connectivity index (χ4v) is 4.37. The van der Waals surface area contributed by atoms with Crippen molar-refractivity contribution in [1.82, 2.24) is 15.2 Å². The number of ether oxygens (including phenoxy) is 1. The third-order valence-corrected chi connectivity index (χ3v) is 5.61. The molecule has 1 aliphatic heterocycles. The predicted octanol–water partition coefficient (Wildman–Crippen LogP) is 2.23. The summed E-state index contributed by atoms with van der Waals surface area (Å²) in [5.41, 5.74) is 5.59. The number of primary amides is 1. The van der Waals surface area contributed by atoms with Crippen molar-refractivity contribution in [2.45, 2.75) is 71.1 Å². The van der Waals surface area contributed by atoms with Gasteiger partial charge >= 0.3 is 6.03 Å². The summed E-state index contributed by atoms with van der Waals surface area (Å²) in [4.78, 5) is 41.7. The van der Waals surface area contributed by atoms with E-state index in [4.69, 9.17) is 10.5 Å². The van der Waals surface area contributed by atoms with Crippen molar-refractivity contribution in [3.05, 3.63) is 23.9 Å².